The van der Waals surface area contributed by atoms with Crippen molar-refractivity contribution in [3.8, 4) is 5.75 Å². The monoisotopic (exact) mass is 230 g/mol. The fraction of sp³-hybridized carbons (Fsp3) is 0.455. The maximum Gasteiger partial charge on any atom is 0.146 e. The molecule has 1 aromatic carbocycles. The highest BCUT2D eigenvalue weighted by Gasteiger charge is 2.47. The maximum atomic E-state index is 13.9. The van der Waals surface area contributed by atoms with Crippen LogP contribution in [0, 0.1) is 12.7 Å². The summed E-state index contributed by atoms with van der Waals surface area (Å²) in [5, 5.41) is 10.3. The average molecular weight is 231 g/mol. The van der Waals surface area contributed by atoms with Gasteiger partial charge in [0.2, 0.25) is 0 Å². The number of aryl methyl sites for hydroxylation is 1. The molecule has 82 valence electrons. The van der Waals surface area contributed by atoms with Crippen LogP contribution >= 0.6 is 11.6 Å². The smallest absolute Gasteiger partial charge is 0.146 e. The summed E-state index contributed by atoms with van der Waals surface area (Å²) < 4.78 is 18.9. The molecule has 0 unspecified atom stereocenters. The highest BCUT2D eigenvalue weighted by atomic mass is 35.5. The van der Waals surface area contributed by atoms with Crippen LogP contribution in [0.5, 0.6) is 5.75 Å². The van der Waals surface area contributed by atoms with Gasteiger partial charge >= 0.3 is 0 Å². The zero-order valence-electron chi connectivity index (χ0n) is 8.60. The summed E-state index contributed by atoms with van der Waals surface area (Å²) in [6.07, 6.45) is 1.11. The van der Waals surface area contributed by atoms with E-state index in [1.165, 1.54) is 13.2 Å². The summed E-state index contributed by atoms with van der Waals surface area (Å²) in [5.74, 6) is -0.170. The molecule has 0 atom stereocenters. The summed E-state index contributed by atoms with van der Waals surface area (Å²) in [4.78, 5) is 0. The predicted octanol–water partition coefficient (Wildman–Crippen LogP) is 2.78. The SMILES string of the molecule is COc1c(Cl)cc(C)c(F)c1C1(O)CC1. The molecule has 15 heavy (non-hydrogen) atoms. The number of aliphatic hydroxyl groups is 1. The molecular formula is C11H12ClFO2. The molecule has 2 rings (SSSR count). The van der Waals surface area contributed by atoms with Gasteiger partial charge < -0.3 is 9.84 Å². The van der Waals surface area contributed by atoms with Crippen molar-refractivity contribution in [2.75, 3.05) is 7.11 Å². The Morgan fingerprint density at radius 2 is 2.13 bits per heavy atom. The van der Waals surface area contributed by atoms with Crippen LogP contribution in [0.4, 0.5) is 4.39 Å². The second kappa shape index (κ2) is 3.35. The molecule has 1 N–H and O–H groups in total. The molecule has 0 amide bonds. The lowest BCUT2D eigenvalue weighted by molar-refractivity contribution is 0.142. The highest BCUT2D eigenvalue weighted by molar-refractivity contribution is 6.32. The number of ether oxygens (including phenoxy) is 1. The van der Waals surface area contributed by atoms with Crippen LogP contribution in [0.2, 0.25) is 5.02 Å². The van der Waals surface area contributed by atoms with E-state index in [1.807, 2.05) is 0 Å². The lowest BCUT2D eigenvalue weighted by Crippen LogP contribution is -2.11. The van der Waals surface area contributed by atoms with Crippen molar-refractivity contribution < 1.29 is 14.2 Å². The van der Waals surface area contributed by atoms with E-state index in [-0.39, 0.29) is 11.3 Å². The van der Waals surface area contributed by atoms with Gasteiger partial charge in [0.15, 0.2) is 0 Å². The number of hydrogen-bond acceptors (Lipinski definition) is 2. The fourth-order valence-electron chi connectivity index (χ4n) is 1.72. The quantitative estimate of drug-likeness (QED) is 0.847. The van der Waals surface area contributed by atoms with Crippen molar-refractivity contribution in [2.45, 2.75) is 25.4 Å². The largest absolute Gasteiger partial charge is 0.495 e. The van der Waals surface area contributed by atoms with Crippen molar-refractivity contribution in [3.63, 3.8) is 0 Å². The maximum absolute atomic E-state index is 13.9. The van der Waals surface area contributed by atoms with Gasteiger partial charge in [-0.15, -0.1) is 0 Å². The van der Waals surface area contributed by atoms with Gasteiger partial charge in [0, 0.05) is 0 Å². The average Bonchev–Trinajstić information content (AvgIpc) is 2.90. The second-order valence-corrected chi connectivity index (χ2v) is 4.34. The third-order valence-electron chi connectivity index (χ3n) is 2.75. The number of rotatable bonds is 2. The normalized spacial score (nSPS) is 17.7. The lowest BCUT2D eigenvalue weighted by Gasteiger charge is -2.17. The molecule has 0 radical (unpaired) electrons. The van der Waals surface area contributed by atoms with Crippen LogP contribution in [0.1, 0.15) is 24.0 Å². The number of benzene rings is 1. The molecule has 1 aliphatic rings. The van der Waals surface area contributed by atoms with Gasteiger partial charge in [0.05, 0.1) is 23.3 Å². The molecule has 0 saturated heterocycles. The molecule has 0 heterocycles. The summed E-state index contributed by atoms with van der Waals surface area (Å²) >= 11 is 5.94. The molecule has 0 spiro atoms. The summed E-state index contributed by atoms with van der Waals surface area (Å²) in [7, 11) is 1.42. The fourth-order valence-corrected chi connectivity index (χ4v) is 2.05. The summed E-state index contributed by atoms with van der Waals surface area (Å²) in [5.41, 5.74) is -0.448. The Bertz CT molecular complexity index is 414. The Hall–Kier alpha value is -0.800. The highest BCUT2D eigenvalue weighted by Crippen LogP contribution is 2.51. The van der Waals surface area contributed by atoms with Crippen LogP contribution in [0.3, 0.4) is 0 Å². The zero-order valence-corrected chi connectivity index (χ0v) is 9.36. The lowest BCUT2D eigenvalue weighted by atomic mass is 10.0. The van der Waals surface area contributed by atoms with E-state index in [0.717, 1.165) is 0 Å². The van der Waals surface area contributed by atoms with Gasteiger partial charge in [0.1, 0.15) is 11.6 Å². The Morgan fingerprint density at radius 3 is 2.60 bits per heavy atom. The van der Waals surface area contributed by atoms with E-state index in [9.17, 15) is 9.50 Å². The molecule has 1 fully saturated rings. The first-order chi connectivity index (χ1) is 6.99. The first kappa shape index (κ1) is 10.7. The number of halogens is 2. The van der Waals surface area contributed by atoms with Crippen LogP contribution in [0.15, 0.2) is 6.07 Å². The molecule has 1 aliphatic carbocycles. The van der Waals surface area contributed by atoms with Gasteiger partial charge in [-0.3, -0.25) is 0 Å². The third kappa shape index (κ3) is 1.60. The van der Waals surface area contributed by atoms with E-state index in [1.54, 1.807) is 6.92 Å². The molecule has 1 saturated carbocycles. The van der Waals surface area contributed by atoms with Crippen molar-refractivity contribution >= 4 is 11.6 Å². The topological polar surface area (TPSA) is 29.5 Å². The van der Waals surface area contributed by atoms with Gasteiger partial charge in [-0.25, -0.2) is 4.39 Å². The molecular weight excluding hydrogens is 219 g/mol. The zero-order chi connectivity index (χ0) is 11.2. The molecule has 4 heteroatoms. The second-order valence-electron chi connectivity index (χ2n) is 3.93. The number of methoxy groups -OCH3 is 1. The summed E-state index contributed by atoms with van der Waals surface area (Å²) in [6, 6.07) is 1.50. The van der Waals surface area contributed by atoms with E-state index in [4.69, 9.17) is 16.3 Å². The van der Waals surface area contributed by atoms with Crippen molar-refractivity contribution in [1.29, 1.82) is 0 Å². The van der Waals surface area contributed by atoms with Crippen LogP contribution in [-0.2, 0) is 5.60 Å². The van der Waals surface area contributed by atoms with Crippen molar-refractivity contribution in [1.82, 2.24) is 0 Å². The Kier molecular flexibility index (Phi) is 2.40. The minimum atomic E-state index is -1.08. The van der Waals surface area contributed by atoms with Gasteiger partial charge in [-0.2, -0.15) is 0 Å². The van der Waals surface area contributed by atoms with Crippen LogP contribution in [-0.4, -0.2) is 12.2 Å². The third-order valence-corrected chi connectivity index (χ3v) is 3.03. The minimum Gasteiger partial charge on any atom is -0.495 e. The van der Waals surface area contributed by atoms with E-state index >= 15 is 0 Å². The van der Waals surface area contributed by atoms with Crippen molar-refractivity contribution in [2.24, 2.45) is 0 Å². The van der Waals surface area contributed by atoms with Crippen LogP contribution in [0.25, 0.3) is 0 Å². The summed E-state index contributed by atoms with van der Waals surface area (Å²) in [6.45, 7) is 1.62. The molecule has 2 nitrogen and oxygen atoms in total. The molecule has 0 bridgehead atoms. The van der Waals surface area contributed by atoms with Gasteiger partial charge in [-0.05, 0) is 31.4 Å². The first-order valence-electron chi connectivity index (χ1n) is 4.75. The molecule has 0 aliphatic heterocycles. The minimum absolute atomic E-state index is 0.204. The van der Waals surface area contributed by atoms with Gasteiger partial charge in [-0.1, -0.05) is 11.6 Å². The predicted molar refractivity (Wildman–Crippen MR) is 55.8 cm³/mol. The Labute approximate surface area is 92.6 Å². The Balaban J connectivity index is 2.68. The Morgan fingerprint density at radius 1 is 1.53 bits per heavy atom. The van der Waals surface area contributed by atoms with Crippen LogP contribution < -0.4 is 4.74 Å². The molecule has 1 aromatic rings. The first-order valence-corrected chi connectivity index (χ1v) is 5.13. The number of hydrogen-bond donors (Lipinski definition) is 1. The van der Waals surface area contributed by atoms with Gasteiger partial charge in [0.25, 0.3) is 0 Å². The standard InChI is InChI=1S/C11H12ClFO2/c1-6-5-7(12)10(15-2)8(9(6)13)11(14)3-4-11/h5,14H,3-4H2,1-2H3. The van der Waals surface area contributed by atoms with E-state index in [2.05, 4.69) is 0 Å². The van der Waals surface area contributed by atoms with E-state index in [0.29, 0.717) is 23.4 Å². The van der Waals surface area contributed by atoms with Crippen molar-refractivity contribution in [3.05, 3.63) is 28.0 Å². The molecule has 0 aromatic heterocycles. The van der Waals surface area contributed by atoms with E-state index < -0.39 is 11.4 Å².